The van der Waals surface area contributed by atoms with Crippen LogP contribution in [-0.4, -0.2) is 21.0 Å². The maximum Gasteiger partial charge on any atom is 0.340 e. The smallest absolute Gasteiger partial charge is 0.313 e. The highest BCUT2D eigenvalue weighted by atomic mass is 35.5. The van der Waals surface area contributed by atoms with Crippen LogP contribution in [-0.2, 0) is 0 Å². The Bertz CT molecular complexity index is 838. The molecule has 0 fully saturated rings. The van der Waals surface area contributed by atoms with Crippen LogP contribution >= 0.6 is 23.2 Å². The standard InChI is InChI=1S/C14H9Cl2N5O2/c15-9-1-2-10(11(16)7-9)13(22)19-20-14-18-12(21-23-14)8-3-5-17-6-4-8/h1-7H,(H,19,22)(H,18,20,21). The van der Waals surface area contributed by atoms with Gasteiger partial charge in [0.05, 0.1) is 10.6 Å². The third kappa shape index (κ3) is 3.58. The van der Waals surface area contributed by atoms with Crippen LogP contribution in [0.1, 0.15) is 10.4 Å². The second kappa shape index (κ2) is 6.64. The van der Waals surface area contributed by atoms with Gasteiger partial charge in [0.15, 0.2) is 0 Å². The summed E-state index contributed by atoms with van der Waals surface area (Å²) in [6, 6.07) is 8.07. The summed E-state index contributed by atoms with van der Waals surface area (Å²) < 4.78 is 4.99. The molecular weight excluding hydrogens is 341 g/mol. The Morgan fingerprint density at radius 3 is 2.65 bits per heavy atom. The fourth-order valence-corrected chi connectivity index (χ4v) is 2.24. The number of anilines is 1. The molecule has 0 aliphatic rings. The van der Waals surface area contributed by atoms with E-state index in [0.29, 0.717) is 10.8 Å². The molecule has 9 heteroatoms. The number of hydrazine groups is 1. The molecule has 23 heavy (non-hydrogen) atoms. The Morgan fingerprint density at radius 1 is 1.13 bits per heavy atom. The van der Waals surface area contributed by atoms with Crippen molar-refractivity contribution in [2.75, 3.05) is 5.43 Å². The van der Waals surface area contributed by atoms with E-state index in [0.717, 1.165) is 5.56 Å². The minimum absolute atomic E-state index is 0.0373. The van der Waals surface area contributed by atoms with Gasteiger partial charge >= 0.3 is 6.01 Å². The van der Waals surface area contributed by atoms with Crippen molar-refractivity contribution in [3.8, 4) is 11.4 Å². The largest absolute Gasteiger partial charge is 0.340 e. The van der Waals surface area contributed by atoms with Gasteiger partial charge in [0, 0.05) is 23.0 Å². The first-order valence-corrected chi connectivity index (χ1v) is 7.14. The van der Waals surface area contributed by atoms with E-state index in [9.17, 15) is 4.79 Å². The third-order valence-corrected chi connectivity index (χ3v) is 3.37. The van der Waals surface area contributed by atoms with E-state index < -0.39 is 5.91 Å². The monoisotopic (exact) mass is 349 g/mol. The van der Waals surface area contributed by atoms with Gasteiger partial charge in [-0.15, -0.1) is 0 Å². The van der Waals surface area contributed by atoms with E-state index >= 15 is 0 Å². The number of carbonyl (C=O) groups is 1. The number of pyridine rings is 1. The molecule has 7 nitrogen and oxygen atoms in total. The lowest BCUT2D eigenvalue weighted by Gasteiger charge is -2.06. The Labute approximate surface area is 140 Å². The SMILES string of the molecule is O=C(NNc1nc(-c2ccncc2)no1)c1ccc(Cl)cc1Cl. The highest BCUT2D eigenvalue weighted by molar-refractivity contribution is 6.36. The number of amides is 1. The molecule has 0 spiro atoms. The van der Waals surface area contributed by atoms with Crippen molar-refractivity contribution in [2.24, 2.45) is 0 Å². The molecule has 116 valence electrons. The summed E-state index contributed by atoms with van der Waals surface area (Å²) >= 11 is 11.7. The van der Waals surface area contributed by atoms with Gasteiger partial charge in [-0.2, -0.15) is 4.98 Å². The average molecular weight is 350 g/mol. The van der Waals surface area contributed by atoms with E-state index in [1.54, 1.807) is 30.6 Å². The van der Waals surface area contributed by atoms with E-state index in [4.69, 9.17) is 27.7 Å². The van der Waals surface area contributed by atoms with Crippen molar-refractivity contribution >= 4 is 35.1 Å². The Balaban J connectivity index is 1.67. The van der Waals surface area contributed by atoms with Gasteiger partial charge in [0.2, 0.25) is 5.82 Å². The predicted molar refractivity (Wildman–Crippen MR) is 85.1 cm³/mol. The van der Waals surface area contributed by atoms with Crippen molar-refractivity contribution in [1.29, 1.82) is 0 Å². The lowest BCUT2D eigenvalue weighted by atomic mass is 10.2. The molecular formula is C14H9Cl2N5O2. The molecule has 0 atom stereocenters. The van der Waals surface area contributed by atoms with Crippen molar-refractivity contribution in [3.05, 3.63) is 58.3 Å². The van der Waals surface area contributed by atoms with Crippen molar-refractivity contribution in [3.63, 3.8) is 0 Å². The summed E-state index contributed by atoms with van der Waals surface area (Å²) in [5.74, 6) is -0.0935. The van der Waals surface area contributed by atoms with Crippen LogP contribution in [0.15, 0.2) is 47.2 Å². The molecule has 2 heterocycles. The summed E-state index contributed by atoms with van der Waals surface area (Å²) in [7, 11) is 0. The lowest BCUT2D eigenvalue weighted by molar-refractivity contribution is 0.0961. The van der Waals surface area contributed by atoms with Crippen molar-refractivity contribution < 1.29 is 9.32 Å². The van der Waals surface area contributed by atoms with E-state index in [2.05, 4.69) is 26.0 Å². The van der Waals surface area contributed by atoms with Gasteiger partial charge in [-0.25, -0.2) is 5.43 Å². The zero-order chi connectivity index (χ0) is 16.2. The molecule has 0 bridgehead atoms. The van der Waals surface area contributed by atoms with Crippen LogP contribution in [0, 0.1) is 0 Å². The molecule has 1 aromatic carbocycles. The van der Waals surface area contributed by atoms with E-state index in [-0.39, 0.29) is 16.6 Å². The first-order valence-electron chi connectivity index (χ1n) is 6.39. The minimum atomic E-state index is -0.463. The number of hydrogen-bond donors (Lipinski definition) is 2. The molecule has 0 unspecified atom stereocenters. The zero-order valence-corrected chi connectivity index (χ0v) is 13.0. The van der Waals surface area contributed by atoms with Gasteiger partial charge in [0.1, 0.15) is 0 Å². The maximum absolute atomic E-state index is 12.0. The number of rotatable bonds is 4. The molecule has 3 aromatic rings. The maximum atomic E-state index is 12.0. The molecule has 1 amide bonds. The molecule has 0 saturated heterocycles. The number of hydrogen-bond acceptors (Lipinski definition) is 6. The van der Waals surface area contributed by atoms with Gasteiger partial charge in [-0.05, 0) is 30.3 Å². The number of halogens is 2. The topological polar surface area (TPSA) is 92.9 Å². The number of nitrogens with one attached hydrogen (secondary N) is 2. The number of nitrogens with zero attached hydrogens (tertiary/aromatic N) is 3. The Hall–Kier alpha value is -2.64. The molecule has 0 saturated carbocycles. The quantitative estimate of drug-likeness (QED) is 0.702. The van der Waals surface area contributed by atoms with Gasteiger partial charge < -0.3 is 4.52 Å². The van der Waals surface area contributed by atoms with Crippen molar-refractivity contribution in [2.45, 2.75) is 0 Å². The van der Waals surface area contributed by atoms with E-state index in [1.165, 1.54) is 12.1 Å². The normalized spacial score (nSPS) is 10.3. The van der Waals surface area contributed by atoms with Crippen molar-refractivity contribution in [1.82, 2.24) is 20.6 Å². The van der Waals surface area contributed by atoms with Crippen LogP contribution in [0.2, 0.25) is 10.0 Å². The van der Waals surface area contributed by atoms with Gasteiger partial charge in [-0.3, -0.25) is 15.2 Å². The Morgan fingerprint density at radius 2 is 1.91 bits per heavy atom. The summed E-state index contributed by atoms with van der Waals surface area (Å²) in [5, 5.41) is 4.47. The summed E-state index contributed by atoms with van der Waals surface area (Å²) in [5.41, 5.74) is 5.94. The first kappa shape index (κ1) is 15.3. The fraction of sp³-hybridized carbons (Fsp3) is 0. The predicted octanol–water partition coefficient (Wildman–Crippen LogP) is 3.20. The number of aromatic nitrogens is 3. The molecule has 2 N–H and O–H groups in total. The zero-order valence-electron chi connectivity index (χ0n) is 11.5. The lowest BCUT2D eigenvalue weighted by Crippen LogP contribution is -2.29. The number of benzene rings is 1. The van der Waals surface area contributed by atoms with Crippen LogP contribution < -0.4 is 10.9 Å². The Kier molecular flexibility index (Phi) is 4.40. The average Bonchev–Trinajstić information content (AvgIpc) is 3.02. The van der Waals surface area contributed by atoms with Crippen LogP contribution in [0.5, 0.6) is 0 Å². The van der Waals surface area contributed by atoms with Crippen LogP contribution in [0.25, 0.3) is 11.4 Å². The fourth-order valence-electron chi connectivity index (χ4n) is 1.74. The third-order valence-electron chi connectivity index (χ3n) is 2.82. The summed E-state index contributed by atoms with van der Waals surface area (Å²) in [6.07, 6.45) is 3.23. The second-order valence-electron chi connectivity index (χ2n) is 4.36. The molecule has 0 aliphatic heterocycles. The summed E-state index contributed by atoms with van der Waals surface area (Å²) in [6.45, 7) is 0. The van der Waals surface area contributed by atoms with Gasteiger partial charge in [0.25, 0.3) is 5.91 Å². The number of carbonyl (C=O) groups excluding carboxylic acids is 1. The summed E-state index contributed by atoms with van der Waals surface area (Å²) in [4.78, 5) is 20.0. The molecule has 2 aromatic heterocycles. The molecule has 0 radical (unpaired) electrons. The highest BCUT2D eigenvalue weighted by Gasteiger charge is 2.12. The highest BCUT2D eigenvalue weighted by Crippen LogP contribution is 2.21. The second-order valence-corrected chi connectivity index (χ2v) is 5.21. The van der Waals surface area contributed by atoms with E-state index in [1.807, 2.05) is 0 Å². The van der Waals surface area contributed by atoms with Gasteiger partial charge in [-0.1, -0.05) is 28.4 Å². The van der Waals surface area contributed by atoms with Crippen LogP contribution in [0.4, 0.5) is 6.01 Å². The molecule has 0 aliphatic carbocycles. The molecule has 3 rings (SSSR count). The van der Waals surface area contributed by atoms with Crippen LogP contribution in [0.3, 0.4) is 0 Å². The first-order chi connectivity index (χ1) is 11.1. The minimum Gasteiger partial charge on any atom is -0.313 e.